The second kappa shape index (κ2) is 10.1. The van der Waals surface area contributed by atoms with Gasteiger partial charge in [-0.3, -0.25) is 5.10 Å². The van der Waals surface area contributed by atoms with Gasteiger partial charge in [0.25, 0.3) is 0 Å². The number of ether oxygens (including phenoxy) is 1. The van der Waals surface area contributed by atoms with Crippen LogP contribution in [-0.2, 0) is 0 Å². The molecule has 0 atom stereocenters. The van der Waals surface area contributed by atoms with Gasteiger partial charge in [-0.1, -0.05) is 0 Å². The molecule has 9 nitrogen and oxygen atoms in total. The first-order chi connectivity index (χ1) is 14.6. The summed E-state index contributed by atoms with van der Waals surface area (Å²) in [5.41, 5.74) is 3.05. The number of nitriles is 1. The summed E-state index contributed by atoms with van der Waals surface area (Å²) in [6, 6.07) is 10.4. The van der Waals surface area contributed by atoms with Crippen molar-refractivity contribution in [2.75, 3.05) is 37.9 Å². The van der Waals surface area contributed by atoms with Gasteiger partial charge in [-0.25, -0.2) is 9.97 Å². The van der Waals surface area contributed by atoms with Gasteiger partial charge in [-0.15, -0.1) is 12.4 Å². The van der Waals surface area contributed by atoms with E-state index in [1.165, 1.54) is 12.4 Å². The van der Waals surface area contributed by atoms with E-state index in [2.05, 4.69) is 48.8 Å². The highest BCUT2D eigenvalue weighted by atomic mass is 35.5. The number of anilines is 3. The predicted octanol–water partition coefficient (Wildman–Crippen LogP) is 3.42. The monoisotopic (exact) mass is 440 g/mol. The van der Waals surface area contributed by atoms with Gasteiger partial charge in [0.1, 0.15) is 17.6 Å². The van der Waals surface area contributed by atoms with E-state index >= 15 is 0 Å². The molecule has 4 rings (SSSR count). The molecule has 0 amide bonds. The van der Waals surface area contributed by atoms with Gasteiger partial charge in [0.2, 0.25) is 0 Å². The number of likely N-dealkylation sites (tertiary alicyclic amines) is 1. The van der Waals surface area contributed by atoms with E-state index in [-0.39, 0.29) is 18.1 Å². The number of hydrogen-bond acceptors (Lipinski definition) is 8. The highest BCUT2D eigenvalue weighted by Gasteiger charge is 2.17. The van der Waals surface area contributed by atoms with Crippen molar-refractivity contribution in [3.05, 3.63) is 42.4 Å². The van der Waals surface area contributed by atoms with Crippen LogP contribution < -0.4 is 15.4 Å². The molecule has 0 aliphatic carbocycles. The molecule has 3 aromatic rings. The molecule has 31 heavy (non-hydrogen) atoms. The smallest absolute Gasteiger partial charge is 0.158 e. The Morgan fingerprint density at radius 2 is 1.97 bits per heavy atom. The number of rotatable bonds is 6. The van der Waals surface area contributed by atoms with Crippen molar-refractivity contribution in [1.82, 2.24) is 25.1 Å². The molecule has 3 heterocycles. The Labute approximate surface area is 187 Å². The average molecular weight is 441 g/mol. The summed E-state index contributed by atoms with van der Waals surface area (Å²) in [7, 11) is 3.83. The van der Waals surface area contributed by atoms with Crippen LogP contribution in [0.4, 0.5) is 17.3 Å². The molecule has 1 aromatic carbocycles. The summed E-state index contributed by atoms with van der Waals surface area (Å²) >= 11 is 0. The van der Waals surface area contributed by atoms with Crippen molar-refractivity contribution >= 4 is 29.7 Å². The Morgan fingerprint density at radius 3 is 2.65 bits per heavy atom. The van der Waals surface area contributed by atoms with E-state index in [0.717, 1.165) is 48.6 Å². The van der Waals surface area contributed by atoms with Crippen LogP contribution in [0, 0.1) is 11.3 Å². The zero-order chi connectivity index (χ0) is 20.9. The summed E-state index contributed by atoms with van der Waals surface area (Å²) in [6.45, 7) is 2.22. The molecule has 1 saturated heterocycles. The highest BCUT2D eigenvalue weighted by Crippen LogP contribution is 2.33. The van der Waals surface area contributed by atoms with Gasteiger partial charge in [0, 0.05) is 29.4 Å². The first-order valence-electron chi connectivity index (χ1n) is 9.82. The van der Waals surface area contributed by atoms with Gasteiger partial charge in [-0.05, 0) is 45.1 Å². The number of aromatic nitrogens is 4. The second-order valence-corrected chi connectivity index (χ2v) is 7.33. The fourth-order valence-corrected chi connectivity index (χ4v) is 3.50. The quantitative estimate of drug-likeness (QED) is 0.534. The lowest BCUT2D eigenvalue weighted by Gasteiger charge is -2.30. The van der Waals surface area contributed by atoms with Crippen molar-refractivity contribution in [3.8, 4) is 23.1 Å². The largest absolute Gasteiger partial charge is 0.496 e. The molecule has 0 unspecified atom stereocenters. The van der Waals surface area contributed by atoms with E-state index in [1.54, 1.807) is 7.11 Å². The fraction of sp³-hybridized carbons (Fsp3) is 0.333. The third kappa shape index (κ3) is 5.42. The Balaban J connectivity index is 0.00000272. The Morgan fingerprint density at radius 1 is 1.16 bits per heavy atom. The lowest BCUT2D eigenvalue weighted by molar-refractivity contribution is 0.264. The normalized spacial score (nSPS) is 14.4. The molecule has 162 valence electrons. The van der Waals surface area contributed by atoms with Crippen LogP contribution in [0.1, 0.15) is 18.5 Å². The van der Waals surface area contributed by atoms with E-state index in [4.69, 9.17) is 10.00 Å². The van der Waals surface area contributed by atoms with Crippen LogP contribution in [0.5, 0.6) is 5.75 Å². The number of nitrogens with zero attached hydrogens (tertiary/aromatic N) is 5. The number of aromatic amines is 1. The third-order valence-corrected chi connectivity index (χ3v) is 5.18. The van der Waals surface area contributed by atoms with Crippen LogP contribution in [0.2, 0.25) is 0 Å². The predicted molar refractivity (Wildman–Crippen MR) is 122 cm³/mol. The molecular weight excluding hydrogens is 416 g/mol. The number of benzene rings is 1. The Hall–Kier alpha value is -3.35. The number of halogens is 1. The minimum absolute atomic E-state index is 0. The third-order valence-electron chi connectivity index (χ3n) is 5.18. The molecule has 0 saturated carbocycles. The highest BCUT2D eigenvalue weighted by molar-refractivity contribution is 5.85. The van der Waals surface area contributed by atoms with Gasteiger partial charge < -0.3 is 20.3 Å². The summed E-state index contributed by atoms with van der Waals surface area (Å²) < 4.78 is 5.63. The molecule has 1 aliphatic rings. The van der Waals surface area contributed by atoms with Gasteiger partial charge in [-0.2, -0.15) is 10.4 Å². The van der Waals surface area contributed by atoms with Crippen molar-refractivity contribution in [3.63, 3.8) is 0 Å². The molecule has 1 aliphatic heterocycles. The van der Waals surface area contributed by atoms with Crippen molar-refractivity contribution < 1.29 is 4.74 Å². The first-order valence-corrected chi connectivity index (χ1v) is 9.82. The average Bonchev–Trinajstić information content (AvgIpc) is 3.24. The van der Waals surface area contributed by atoms with Crippen LogP contribution in [0.15, 0.2) is 36.7 Å². The maximum atomic E-state index is 8.81. The number of nitrogens with one attached hydrogen (secondary N) is 3. The summed E-state index contributed by atoms with van der Waals surface area (Å²) in [5.74, 6) is 1.87. The van der Waals surface area contributed by atoms with Crippen molar-refractivity contribution in [1.29, 1.82) is 5.26 Å². The summed E-state index contributed by atoms with van der Waals surface area (Å²) in [5, 5.41) is 22.8. The van der Waals surface area contributed by atoms with Gasteiger partial charge in [0.05, 0.1) is 25.2 Å². The number of H-pyrrole nitrogens is 1. The van der Waals surface area contributed by atoms with Crippen LogP contribution >= 0.6 is 12.4 Å². The summed E-state index contributed by atoms with van der Waals surface area (Å²) in [4.78, 5) is 10.5. The van der Waals surface area contributed by atoms with Crippen LogP contribution in [0.25, 0.3) is 11.3 Å². The Kier molecular flexibility index (Phi) is 7.28. The molecule has 0 radical (unpaired) electrons. The molecule has 3 N–H and O–H groups in total. The lowest BCUT2D eigenvalue weighted by Crippen LogP contribution is -2.36. The maximum Gasteiger partial charge on any atom is 0.158 e. The molecule has 2 aromatic heterocycles. The topological polar surface area (TPSA) is 115 Å². The number of methoxy groups -OCH3 is 1. The van der Waals surface area contributed by atoms with E-state index in [9.17, 15) is 0 Å². The van der Waals surface area contributed by atoms with Crippen molar-refractivity contribution in [2.45, 2.75) is 18.9 Å². The zero-order valence-electron chi connectivity index (χ0n) is 17.4. The molecule has 1 fully saturated rings. The summed E-state index contributed by atoms with van der Waals surface area (Å²) in [6.07, 6.45) is 5.18. The zero-order valence-corrected chi connectivity index (χ0v) is 18.2. The molecule has 10 heteroatoms. The standard InChI is InChI=1S/C21H24N8O.ClH/c1-29-7-5-14(6-8-29)25-15-3-4-17(19(9-15)30-2)18-10-20(28-27-18)26-21-13-23-16(11-22)12-24-21;/h3-4,9-10,12-14,25H,5-8H2,1-2H3,(H2,24,26,27,28);1H. The van der Waals surface area contributed by atoms with E-state index < -0.39 is 0 Å². The SMILES string of the molecule is COc1cc(NC2CCN(C)CC2)ccc1-c1cc(Nc2cnc(C#N)cn2)n[nH]1.Cl. The molecule has 0 spiro atoms. The minimum Gasteiger partial charge on any atom is -0.496 e. The van der Waals surface area contributed by atoms with Crippen molar-refractivity contribution in [2.24, 2.45) is 0 Å². The second-order valence-electron chi connectivity index (χ2n) is 7.33. The lowest BCUT2D eigenvalue weighted by atomic mass is 10.0. The first kappa shape index (κ1) is 22.3. The maximum absolute atomic E-state index is 8.81. The fourth-order valence-electron chi connectivity index (χ4n) is 3.50. The molecular formula is C21H25ClN8O. The van der Waals surface area contributed by atoms with Gasteiger partial charge in [0.15, 0.2) is 11.5 Å². The van der Waals surface area contributed by atoms with Gasteiger partial charge >= 0.3 is 0 Å². The molecule has 0 bridgehead atoms. The minimum atomic E-state index is 0. The Bertz CT molecular complexity index is 1040. The van der Waals surface area contributed by atoms with Crippen LogP contribution in [0.3, 0.4) is 0 Å². The number of hydrogen-bond donors (Lipinski definition) is 3. The van der Waals surface area contributed by atoms with E-state index in [0.29, 0.717) is 17.7 Å². The van der Waals surface area contributed by atoms with Crippen LogP contribution in [-0.4, -0.2) is 58.4 Å². The van der Waals surface area contributed by atoms with E-state index in [1.807, 2.05) is 24.3 Å². The number of piperidine rings is 1.